The fraction of sp³-hybridized carbons (Fsp3) is 0.524. The Balaban J connectivity index is 1.37. The van der Waals surface area contributed by atoms with E-state index in [2.05, 4.69) is 39.3 Å². The van der Waals surface area contributed by atoms with Crippen LogP contribution in [0.3, 0.4) is 0 Å². The topological polar surface area (TPSA) is 147 Å². The molecule has 302 valence electrons. The zero-order valence-electron chi connectivity index (χ0n) is 31.9. The number of hydrogen-bond acceptors (Lipinski definition) is 10. The highest BCUT2D eigenvalue weighted by atomic mass is 79.9. The summed E-state index contributed by atoms with van der Waals surface area (Å²) in [7, 11) is 1.50. The highest BCUT2D eigenvalue weighted by Crippen LogP contribution is 2.61. The average Bonchev–Trinajstić information content (AvgIpc) is 3.82. The van der Waals surface area contributed by atoms with Crippen LogP contribution in [0.2, 0.25) is 0 Å². The van der Waals surface area contributed by atoms with Crippen molar-refractivity contribution in [2.24, 2.45) is 11.8 Å². The molecular weight excluding hydrogens is 784 g/mol. The van der Waals surface area contributed by atoms with Crippen molar-refractivity contribution in [1.82, 2.24) is 20.0 Å². The van der Waals surface area contributed by atoms with Gasteiger partial charge in [0.05, 0.1) is 56.5 Å². The number of nitrogens with zero attached hydrogens (tertiary/aromatic N) is 3. The average molecular weight is 838 g/mol. The predicted octanol–water partition coefficient (Wildman–Crippen LogP) is 3.20. The molecule has 56 heavy (non-hydrogen) atoms. The lowest BCUT2D eigenvalue weighted by Gasteiger charge is -2.40. The van der Waals surface area contributed by atoms with Crippen molar-refractivity contribution >= 4 is 39.6 Å². The summed E-state index contributed by atoms with van der Waals surface area (Å²) in [5, 5.41) is 13.9. The van der Waals surface area contributed by atoms with Crippen molar-refractivity contribution in [3.63, 3.8) is 0 Å². The van der Waals surface area contributed by atoms with E-state index in [1.165, 1.54) is 12.0 Å². The number of fused-ring (bicyclic) bond motifs is 1. The normalized spacial score (nSPS) is 27.2. The Kier molecular flexibility index (Phi) is 14.2. The predicted molar refractivity (Wildman–Crippen MR) is 211 cm³/mol. The minimum Gasteiger partial charge on any atom is -0.455 e. The molecule has 4 aliphatic heterocycles. The quantitative estimate of drug-likeness (QED) is 0.123. The van der Waals surface area contributed by atoms with Crippen LogP contribution < -0.4 is 5.32 Å². The lowest BCUT2D eigenvalue weighted by Crippen LogP contribution is -2.58. The summed E-state index contributed by atoms with van der Waals surface area (Å²) in [6.07, 6.45) is 2.47. The number of carbonyl (C=O) groups excluding carboxylic acids is 4. The van der Waals surface area contributed by atoms with Gasteiger partial charge in [0.2, 0.25) is 17.7 Å². The monoisotopic (exact) mass is 836 g/mol. The molecule has 4 heterocycles. The van der Waals surface area contributed by atoms with Gasteiger partial charge in [0.15, 0.2) is 0 Å². The highest BCUT2D eigenvalue weighted by Gasteiger charge is 2.77. The maximum atomic E-state index is 15.1. The minimum absolute atomic E-state index is 0.0355. The molecule has 13 nitrogen and oxygen atoms in total. The molecule has 1 spiro atoms. The van der Waals surface area contributed by atoms with Crippen LogP contribution in [-0.4, -0.2) is 138 Å². The summed E-state index contributed by atoms with van der Waals surface area (Å²) in [6, 6.07) is 15.3. The van der Waals surface area contributed by atoms with Crippen LogP contribution in [0.5, 0.6) is 0 Å². The molecule has 3 amide bonds. The Bertz CT molecular complexity index is 1700. The number of rotatable bonds is 19. The van der Waals surface area contributed by atoms with Crippen molar-refractivity contribution in [1.29, 1.82) is 0 Å². The molecular formula is C42H53BrN4O9. The molecule has 0 aromatic heterocycles. The largest absolute Gasteiger partial charge is 0.455 e. The van der Waals surface area contributed by atoms with Gasteiger partial charge in [0.1, 0.15) is 17.7 Å². The van der Waals surface area contributed by atoms with E-state index in [1.54, 1.807) is 29.2 Å². The fourth-order valence-electron chi connectivity index (χ4n) is 8.81. The van der Waals surface area contributed by atoms with Gasteiger partial charge in [0, 0.05) is 51.1 Å². The van der Waals surface area contributed by atoms with E-state index >= 15 is 9.59 Å². The summed E-state index contributed by atoms with van der Waals surface area (Å²) < 4.78 is 24.2. The molecule has 6 rings (SSSR count). The van der Waals surface area contributed by atoms with E-state index in [4.69, 9.17) is 18.9 Å². The zero-order valence-corrected chi connectivity index (χ0v) is 33.5. The number of esters is 1. The Hall–Kier alpha value is -3.92. The van der Waals surface area contributed by atoms with Crippen LogP contribution in [0.1, 0.15) is 42.5 Å². The summed E-state index contributed by atoms with van der Waals surface area (Å²) in [6.45, 7) is 11.1. The number of allylic oxidation sites excluding steroid dienone is 1. The number of aliphatic hydroxyl groups excluding tert-OH is 1. The van der Waals surface area contributed by atoms with Gasteiger partial charge < -0.3 is 39.2 Å². The number of likely N-dealkylation sites (tertiary alicyclic amines) is 1. The second kappa shape index (κ2) is 19.0. The number of carbonyl (C=O) groups is 4. The SMILES string of the molecule is C=CCCC(=O)N[C@H](COC)[C@H](OC(=O)[C@H]1[C@@H]2O[C@@]3(CC2Br)[C@@H]1C(=O)N([C@H](CO)c1ccccc1)[C@@H]3C(=O)N(CC=C)CCN1CCOCC1)c1ccccc1. The Labute approximate surface area is 337 Å². The van der Waals surface area contributed by atoms with Crippen LogP contribution >= 0.6 is 15.9 Å². The smallest absolute Gasteiger partial charge is 0.313 e. The van der Waals surface area contributed by atoms with Gasteiger partial charge in [0.25, 0.3) is 0 Å². The van der Waals surface area contributed by atoms with Crippen LogP contribution in [0, 0.1) is 11.8 Å². The van der Waals surface area contributed by atoms with Crippen LogP contribution in [-0.2, 0) is 38.1 Å². The van der Waals surface area contributed by atoms with E-state index in [-0.39, 0.29) is 37.8 Å². The molecule has 1 unspecified atom stereocenters. The summed E-state index contributed by atoms with van der Waals surface area (Å²) in [4.78, 5) is 63.0. The first-order valence-corrected chi connectivity index (χ1v) is 20.2. The lowest BCUT2D eigenvalue weighted by atomic mass is 9.70. The highest BCUT2D eigenvalue weighted by molar-refractivity contribution is 9.09. The number of methoxy groups -OCH3 is 1. The summed E-state index contributed by atoms with van der Waals surface area (Å²) in [5.74, 6) is -3.97. The minimum atomic E-state index is -1.41. The third-order valence-electron chi connectivity index (χ3n) is 11.4. The van der Waals surface area contributed by atoms with Gasteiger partial charge in [-0.3, -0.25) is 24.1 Å². The molecule has 9 atom stereocenters. The first-order chi connectivity index (χ1) is 27.2. The fourth-order valence-corrected chi connectivity index (χ4v) is 9.76. The van der Waals surface area contributed by atoms with Gasteiger partial charge in [-0.2, -0.15) is 0 Å². The van der Waals surface area contributed by atoms with Crippen molar-refractivity contribution < 1.29 is 43.2 Å². The number of nitrogens with one attached hydrogen (secondary N) is 1. The molecule has 4 aliphatic rings. The second-order valence-electron chi connectivity index (χ2n) is 14.8. The summed E-state index contributed by atoms with van der Waals surface area (Å²) >= 11 is 3.77. The van der Waals surface area contributed by atoms with Gasteiger partial charge in [-0.05, 0) is 24.0 Å². The number of aliphatic hydroxyl groups is 1. The van der Waals surface area contributed by atoms with Gasteiger partial charge in [-0.25, -0.2) is 0 Å². The maximum absolute atomic E-state index is 15.1. The number of morpholine rings is 1. The van der Waals surface area contributed by atoms with Crippen molar-refractivity contribution in [2.45, 2.75) is 60.0 Å². The van der Waals surface area contributed by atoms with Crippen molar-refractivity contribution in [2.75, 3.05) is 66.3 Å². The van der Waals surface area contributed by atoms with E-state index in [1.807, 2.05) is 48.5 Å². The third kappa shape index (κ3) is 8.51. The van der Waals surface area contributed by atoms with E-state index in [9.17, 15) is 14.7 Å². The Morgan fingerprint density at radius 1 is 1.07 bits per heavy atom. The molecule has 2 aromatic carbocycles. The molecule has 0 aliphatic carbocycles. The number of benzene rings is 2. The standard InChI is InChI=1S/C42H53BrN4O9/c1-4-6-17-33(49)44-31(27-53-3)36(29-15-11-8-12-16-29)55-41(52)34-35-39(50)47(32(26-48)28-13-9-7-10-14-28)38(42(35)25-30(43)37(34)56-42)40(51)46(18-5-2)20-19-45-21-23-54-24-22-45/h4-5,7-16,30-32,34-38,48H,1-2,6,17-27H2,3H3,(H,44,49)/t30?,31-,32-,34-,35+,36-,37-,38-,42+/m1/s1. The Morgan fingerprint density at radius 2 is 1.75 bits per heavy atom. The van der Waals surface area contributed by atoms with Crippen molar-refractivity contribution in [3.05, 3.63) is 97.1 Å². The van der Waals surface area contributed by atoms with Crippen LogP contribution in [0.15, 0.2) is 86.0 Å². The van der Waals surface area contributed by atoms with Crippen molar-refractivity contribution in [3.8, 4) is 0 Å². The molecule has 14 heteroatoms. The van der Waals surface area contributed by atoms with E-state index < -0.39 is 71.1 Å². The molecule has 4 fully saturated rings. The maximum Gasteiger partial charge on any atom is 0.313 e. The second-order valence-corrected chi connectivity index (χ2v) is 15.9. The molecule has 4 saturated heterocycles. The number of hydrogen-bond donors (Lipinski definition) is 2. The van der Waals surface area contributed by atoms with E-state index in [0.29, 0.717) is 43.9 Å². The molecule has 2 N–H and O–H groups in total. The van der Waals surface area contributed by atoms with Crippen LogP contribution in [0.4, 0.5) is 0 Å². The summed E-state index contributed by atoms with van der Waals surface area (Å²) in [5.41, 5.74) is -0.146. The number of halogens is 1. The first kappa shape index (κ1) is 41.7. The number of ether oxygens (including phenoxy) is 4. The molecule has 0 saturated carbocycles. The zero-order chi connectivity index (χ0) is 39.8. The van der Waals surface area contributed by atoms with Crippen LogP contribution in [0.25, 0.3) is 0 Å². The number of amides is 3. The molecule has 0 radical (unpaired) electrons. The lowest BCUT2D eigenvalue weighted by molar-refractivity contribution is -0.163. The first-order valence-electron chi connectivity index (χ1n) is 19.3. The molecule has 2 bridgehead atoms. The van der Waals surface area contributed by atoms with Gasteiger partial charge in [-0.15, -0.1) is 13.2 Å². The van der Waals surface area contributed by atoms with E-state index in [0.717, 1.165) is 13.1 Å². The number of alkyl halides is 1. The van der Waals surface area contributed by atoms with Gasteiger partial charge >= 0.3 is 5.97 Å². The Morgan fingerprint density at radius 3 is 2.38 bits per heavy atom. The van der Waals surface area contributed by atoms with Gasteiger partial charge in [-0.1, -0.05) is 88.7 Å². The third-order valence-corrected chi connectivity index (χ3v) is 12.2. The molecule has 2 aromatic rings.